The third-order valence-electron chi connectivity index (χ3n) is 2.65. The molecule has 2 aromatic rings. The van der Waals surface area contributed by atoms with E-state index in [1.165, 1.54) is 0 Å². The van der Waals surface area contributed by atoms with Crippen molar-refractivity contribution in [2.24, 2.45) is 0 Å². The van der Waals surface area contributed by atoms with E-state index in [4.69, 9.17) is 9.47 Å². The molecule has 0 radical (unpaired) electrons. The van der Waals surface area contributed by atoms with Crippen molar-refractivity contribution in [1.29, 1.82) is 0 Å². The molecule has 0 saturated carbocycles. The van der Waals surface area contributed by atoms with Gasteiger partial charge in [-0.3, -0.25) is 0 Å². The highest BCUT2D eigenvalue weighted by Gasteiger charge is 2.04. The van der Waals surface area contributed by atoms with Crippen molar-refractivity contribution in [1.82, 2.24) is 9.55 Å². The monoisotopic (exact) mass is 247 g/mol. The van der Waals surface area contributed by atoms with Crippen LogP contribution in [-0.4, -0.2) is 36.6 Å². The minimum absolute atomic E-state index is 0.248. The Morgan fingerprint density at radius 2 is 2.17 bits per heavy atom. The van der Waals surface area contributed by atoms with E-state index in [0.29, 0.717) is 6.54 Å². The van der Waals surface area contributed by atoms with Gasteiger partial charge in [-0.05, 0) is 18.2 Å². The van der Waals surface area contributed by atoms with Gasteiger partial charge in [0.2, 0.25) is 0 Å². The molecule has 96 valence electrons. The summed E-state index contributed by atoms with van der Waals surface area (Å²) in [6, 6.07) is 8.07. The molecule has 0 atom stereocenters. The molecule has 0 aliphatic rings. The molecule has 18 heavy (non-hydrogen) atoms. The number of hydrogen-bond acceptors (Lipinski definition) is 4. The molecule has 0 saturated heterocycles. The summed E-state index contributed by atoms with van der Waals surface area (Å²) in [5, 5.41) is 3.27. The Kier molecular flexibility index (Phi) is 4.33. The summed E-state index contributed by atoms with van der Waals surface area (Å²) in [7, 11) is 3.25. The summed E-state index contributed by atoms with van der Waals surface area (Å²) >= 11 is 0. The fourth-order valence-electron chi connectivity index (χ4n) is 1.65. The molecule has 0 unspecified atom stereocenters. The summed E-state index contributed by atoms with van der Waals surface area (Å²) in [5.41, 5.74) is 2.07. The Labute approximate surface area is 106 Å². The van der Waals surface area contributed by atoms with Crippen LogP contribution >= 0.6 is 0 Å². The van der Waals surface area contributed by atoms with Crippen LogP contribution in [0.1, 0.15) is 0 Å². The van der Waals surface area contributed by atoms with Gasteiger partial charge in [-0.15, -0.1) is 0 Å². The van der Waals surface area contributed by atoms with Crippen molar-refractivity contribution < 1.29 is 9.47 Å². The Morgan fingerprint density at radius 1 is 1.33 bits per heavy atom. The highest BCUT2D eigenvalue weighted by molar-refractivity contribution is 5.51. The Bertz CT molecular complexity index is 467. The molecule has 0 amide bonds. The lowest BCUT2D eigenvalue weighted by molar-refractivity contribution is -0.0914. The predicted octanol–water partition coefficient (Wildman–Crippen LogP) is 1.90. The van der Waals surface area contributed by atoms with Crippen molar-refractivity contribution in [3.8, 4) is 5.69 Å². The zero-order chi connectivity index (χ0) is 12.8. The first-order valence-electron chi connectivity index (χ1n) is 5.71. The molecular formula is C13H17N3O2. The zero-order valence-electron chi connectivity index (χ0n) is 10.5. The number of rotatable bonds is 6. The van der Waals surface area contributed by atoms with Crippen LogP contribution in [0.5, 0.6) is 0 Å². The third-order valence-corrected chi connectivity index (χ3v) is 2.65. The summed E-state index contributed by atoms with van der Waals surface area (Å²) in [5.74, 6) is 0. The molecule has 2 rings (SSSR count). The highest BCUT2D eigenvalue weighted by atomic mass is 16.7. The zero-order valence-corrected chi connectivity index (χ0v) is 10.5. The maximum Gasteiger partial charge on any atom is 0.173 e. The normalized spacial score (nSPS) is 10.8. The fraction of sp³-hybridized carbons (Fsp3) is 0.308. The quantitative estimate of drug-likeness (QED) is 0.792. The van der Waals surface area contributed by atoms with Gasteiger partial charge in [0.25, 0.3) is 0 Å². The average Bonchev–Trinajstić information content (AvgIpc) is 2.94. The van der Waals surface area contributed by atoms with Crippen LogP contribution in [0.4, 0.5) is 5.69 Å². The van der Waals surface area contributed by atoms with Gasteiger partial charge >= 0.3 is 0 Å². The van der Waals surface area contributed by atoms with Gasteiger partial charge in [0.15, 0.2) is 6.29 Å². The largest absolute Gasteiger partial charge is 0.380 e. The molecule has 1 heterocycles. The van der Waals surface area contributed by atoms with Gasteiger partial charge in [-0.25, -0.2) is 4.98 Å². The molecule has 0 bridgehead atoms. The first-order chi connectivity index (χ1) is 8.83. The highest BCUT2D eigenvalue weighted by Crippen LogP contribution is 2.14. The number of benzene rings is 1. The summed E-state index contributed by atoms with van der Waals surface area (Å²) in [4.78, 5) is 4.03. The van der Waals surface area contributed by atoms with Gasteiger partial charge in [-0.1, -0.05) is 6.07 Å². The number of anilines is 1. The van der Waals surface area contributed by atoms with Crippen LogP contribution < -0.4 is 5.32 Å². The molecular weight excluding hydrogens is 230 g/mol. The van der Waals surface area contributed by atoms with E-state index in [-0.39, 0.29) is 6.29 Å². The van der Waals surface area contributed by atoms with E-state index in [9.17, 15) is 0 Å². The van der Waals surface area contributed by atoms with Crippen molar-refractivity contribution in [2.75, 3.05) is 26.1 Å². The summed E-state index contributed by atoms with van der Waals surface area (Å²) < 4.78 is 12.2. The number of aromatic nitrogens is 2. The molecule has 1 aromatic carbocycles. The number of nitrogens with one attached hydrogen (secondary N) is 1. The van der Waals surface area contributed by atoms with E-state index in [2.05, 4.69) is 10.3 Å². The Balaban J connectivity index is 2.04. The van der Waals surface area contributed by atoms with Crippen LogP contribution in [0.15, 0.2) is 43.0 Å². The van der Waals surface area contributed by atoms with Crippen LogP contribution in [0.25, 0.3) is 5.69 Å². The molecule has 5 heteroatoms. The first kappa shape index (κ1) is 12.6. The first-order valence-corrected chi connectivity index (χ1v) is 5.71. The van der Waals surface area contributed by atoms with Crippen LogP contribution in [0.2, 0.25) is 0 Å². The predicted molar refractivity (Wildman–Crippen MR) is 69.9 cm³/mol. The number of hydrogen-bond donors (Lipinski definition) is 1. The molecule has 0 fully saturated rings. The van der Waals surface area contributed by atoms with E-state index >= 15 is 0 Å². The molecule has 5 nitrogen and oxygen atoms in total. The van der Waals surface area contributed by atoms with E-state index < -0.39 is 0 Å². The van der Waals surface area contributed by atoms with Crippen molar-refractivity contribution in [3.05, 3.63) is 43.0 Å². The Hall–Kier alpha value is -1.85. The van der Waals surface area contributed by atoms with E-state index in [1.807, 2.05) is 35.0 Å². The SMILES string of the molecule is COC(CNc1cccc(-n2ccnc2)c1)OC. The second kappa shape index (κ2) is 6.18. The smallest absolute Gasteiger partial charge is 0.173 e. The number of imidazole rings is 1. The van der Waals surface area contributed by atoms with Crippen molar-refractivity contribution in [2.45, 2.75) is 6.29 Å². The molecule has 0 aliphatic carbocycles. The van der Waals surface area contributed by atoms with Crippen molar-refractivity contribution in [3.63, 3.8) is 0 Å². The van der Waals surface area contributed by atoms with E-state index in [0.717, 1.165) is 11.4 Å². The van der Waals surface area contributed by atoms with Crippen LogP contribution in [0, 0.1) is 0 Å². The fourth-order valence-corrected chi connectivity index (χ4v) is 1.65. The van der Waals surface area contributed by atoms with Crippen LogP contribution in [-0.2, 0) is 9.47 Å². The van der Waals surface area contributed by atoms with Crippen LogP contribution in [0.3, 0.4) is 0 Å². The summed E-state index contributed by atoms with van der Waals surface area (Å²) in [6.45, 7) is 0.598. The minimum Gasteiger partial charge on any atom is -0.380 e. The second-order valence-corrected chi connectivity index (χ2v) is 3.80. The Morgan fingerprint density at radius 3 is 2.83 bits per heavy atom. The summed E-state index contributed by atoms with van der Waals surface area (Å²) in [6.07, 6.45) is 5.19. The van der Waals surface area contributed by atoms with Gasteiger partial charge in [0, 0.05) is 38.0 Å². The lowest BCUT2D eigenvalue weighted by atomic mass is 10.2. The maximum absolute atomic E-state index is 5.12. The topological polar surface area (TPSA) is 48.3 Å². The third kappa shape index (κ3) is 3.09. The maximum atomic E-state index is 5.12. The molecule has 1 aromatic heterocycles. The van der Waals surface area contributed by atoms with Gasteiger partial charge in [-0.2, -0.15) is 0 Å². The average molecular weight is 247 g/mol. The molecule has 0 aliphatic heterocycles. The number of methoxy groups -OCH3 is 2. The minimum atomic E-state index is -0.248. The van der Waals surface area contributed by atoms with Crippen molar-refractivity contribution >= 4 is 5.69 Å². The van der Waals surface area contributed by atoms with Gasteiger partial charge in [0.05, 0.1) is 12.9 Å². The van der Waals surface area contributed by atoms with Gasteiger partial charge in [0.1, 0.15) is 0 Å². The lowest BCUT2D eigenvalue weighted by Crippen LogP contribution is -2.23. The number of ether oxygens (including phenoxy) is 2. The molecule has 1 N–H and O–H groups in total. The molecule has 0 spiro atoms. The standard InChI is InChI=1S/C13H17N3O2/c1-17-13(18-2)9-15-11-4-3-5-12(8-11)16-7-6-14-10-16/h3-8,10,13,15H,9H2,1-2H3. The number of nitrogens with zero attached hydrogens (tertiary/aromatic N) is 2. The second-order valence-electron chi connectivity index (χ2n) is 3.80. The van der Waals surface area contributed by atoms with Gasteiger partial charge < -0.3 is 19.4 Å². The van der Waals surface area contributed by atoms with E-state index in [1.54, 1.807) is 26.7 Å². The lowest BCUT2D eigenvalue weighted by Gasteiger charge is -2.15.